The van der Waals surface area contributed by atoms with Crippen molar-refractivity contribution in [2.45, 2.75) is 33.1 Å². The lowest BCUT2D eigenvalue weighted by Gasteiger charge is -2.28. The number of nitriles is 1. The maximum absolute atomic E-state index is 12.6. The molecule has 0 aromatic heterocycles. The first kappa shape index (κ1) is 19.7. The van der Waals surface area contributed by atoms with Gasteiger partial charge in [0.1, 0.15) is 6.07 Å². The van der Waals surface area contributed by atoms with Crippen molar-refractivity contribution >= 4 is 17.6 Å². The molecule has 1 fully saturated rings. The fourth-order valence-corrected chi connectivity index (χ4v) is 3.71. The Morgan fingerprint density at radius 3 is 1.86 bits per heavy atom. The van der Waals surface area contributed by atoms with Gasteiger partial charge in [0.2, 0.25) is 0 Å². The van der Waals surface area contributed by atoms with Crippen LogP contribution in [0.2, 0.25) is 0 Å². The van der Waals surface area contributed by atoms with Crippen LogP contribution in [0.5, 0.6) is 0 Å². The third kappa shape index (κ3) is 3.65. The number of anilines is 1. The Morgan fingerprint density at radius 1 is 0.929 bits per heavy atom. The van der Waals surface area contributed by atoms with Crippen molar-refractivity contribution in [1.29, 1.82) is 5.26 Å². The lowest BCUT2D eigenvalue weighted by Crippen LogP contribution is -2.28. The molecule has 3 rings (SSSR count). The predicted molar refractivity (Wildman–Crippen MR) is 106 cm³/mol. The van der Waals surface area contributed by atoms with Crippen LogP contribution in [0.4, 0.5) is 5.69 Å². The van der Waals surface area contributed by atoms with E-state index in [1.807, 2.05) is 18.2 Å². The van der Waals surface area contributed by atoms with Gasteiger partial charge in [-0.1, -0.05) is 12.1 Å². The average Bonchev–Trinajstić information content (AvgIpc) is 2.87. The number of hydrogen-bond acceptors (Lipinski definition) is 6. The molecule has 0 amide bonds. The zero-order chi connectivity index (χ0) is 20.1. The van der Waals surface area contributed by atoms with Gasteiger partial charge in [0.15, 0.2) is 0 Å². The second-order valence-electron chi connectivity index (χ2n) is 6.64. The molecule has 2 aliphatic carbocycles. The number of carbonyl (C=O) groups is 2. The van der Waals surface area contributed by atoms with Gasteiger partial charge in [0.05, 0.1) is 29.9 Å². The molecule has 3 aliphatic rings. The van der Waals surface area contributed by atoms with Crippen molar-refractivity contribution < 1.29 is 19.1 Å². The van der Waals surface area contributed by atoms with Crippen molar-refractivity contribution in [1.82, 2.24) is 0 Å². The molecule has 1 aliphatic heterocycles. The van der Waals surface area contributed by atoms with E-state index in [1.165, 1.54) is 6.42 Å². The molecule has 6 nitrogen and oxygen atoms in total. The zero-order valence-corrected chi connectivity index (χ0v) is 16.3. The number of rotatable bonds is 5. The monoisotopic (exact) mass is 380 g/mol. The van der Waals surface area contributed by atoms with Gasteiger partial charge in [0.25, 0.3) is 0 Å². The molecule has 0 atom stereocenters. The largest absolute Gasteiger partial charge is 0.462 e. The molecule has 0 N–H and O–H groups in total. The van der Waals surface area contributed by atoms with E-state index in [4.69, 9.17) is 9.47 Å². The summed E-state index contributed by atoms with van der Waals surface area (Å²) < 4.78 is 10.3. The van der Waals surface area contributed by atoms with E-state index >= 15 is 0 Å². The van der Waals surface area contributed by atoms with E-state index in [0.717, 1.165) is 31.6 Å². The highest BCUT2D eigenvalue weighted by Crippen LogP contribution is 2.38. The van der Waals surface area contributed by atoms with Gasteiger partial charge in [-0.3, -0.25) is 0 Å². The second kappa shape index (κ2) is 8.75. The van der Waals surface area contributed by atoms with Crippen LogP contribution in [0, 0.1) is 11.3 Å². The third-order valence-electron chi connectivity index (χ3n) is 4.96. The van der Waals surface area contributed by atoms with E-state index in [9.17, 15) is 14.9 Å². The summed E-state index contributed by atoms with van der Waals surface area (Å²) in [6.45, 7) is 5.73. The Bertz CT molecular complexity index is 839. The van der Waals surface area contributed by atoms with Crippen LogP contribution in [0.1, 0.15) is 59.4 Å². The summed E-state index contributed by atoms with van der Waals surface area (Å²) in [6.07, 6.45) is 3.52. The SMILES string of the molecule is CCOC(=O)c1c2ccc(N3CCCCC3)ccc-2c(C(=O)OCC)c1C#N. The first-order chi connectivity index (χ1) is 13.6. The van der Waals surface area contributed by atoms with Crippen LogP contribution in [0.25, 0.3) is 11.1 Å². The molecular weight excluding hydrogens is 356 g/mol. The van der Waals surface area contributed by atoms with Gasteiger partial charge in [-0.15, -0.1) is 0 Å². The van der Waals surface area contributed by atoms with Gasteiger partial charge in [-0.2, -0.15) is 5.26 Å². The van der Waals surface area contributed by atoms with Crippen LogP contribution in [-0.4, -0.2) is 38.2 Å². The summed E-state index contributed by atoms with van der Waals surface area (Å²) in [4.78, 5) is 27.5. The first-order valence-corrected chi connectivity index (χ1v) is 9.71. The minimum Gasteiger partial charge on any atom is -0.462 e. The Balaban J connectivity index is 2.20. The topological polar surface area (TPSA) is 79.6 Å². The van der Waals surface area contributed by atoms with Crippen LogP contribution < -0.4 is 4.90 Å². The number of esters is 2. The van der Waals surface area contributed by atoms with Crippen molar-refractivity contribution in [3.05, 3.63) is 41.0 Å². The van der Waals surface area contributed by atoms with Crippen LogP contribution in [0.3, 0.4) is 0 Å². The van der Waals surface area contributed by atoms with Gasteiger partial charge in [-0.25, -0.2) is 9.59 Å². The maximum Gasteiger partial charge on any atom is 0.340 e. The molecule has 1 saturated heterocycles. The molecule has 0 spiro atoms. The van der Waals surface area contributed by atoms with Crippen molar-refractivity contribution in [2.24, 2.45) is 0 Å². The van der Waals surface area contributed by atoms with Gasteiger partial charge in [0, 0.05) is 18.8 Å². The Labute approximate surface area is 165 Å². The number of ether oxygens (including phenoxy) is 2. The predicted octanol–water partition coefficient (Wildman–Crippen LogP) is 4.01. The number of nitrogens with zero attached hydrogens (tertiary/aromatic N) is 2. The molecule has 1 heterocycles. The Kier molecular flexibility index (Phi) is 6.15. The highest BCUT2D eigenvalue weighted by Gasteiger charge is 2.32. The molecule has 0 aromatic rings. The summed E-state index contributed by atoms with van der Waals surface area (Å²) in [6, 6.07) is 9.48. The number of fused-ring (bicyclic) bond motifs is 1. The summed E-state index contributed by atoms with van der Waals surface area (Å²) >= 11 is 0. The second-order valence-corrected chi connectivity index (χ2v) is 6.64. The lowest BCUT2D eigenvalue weighted by atomic mass is 10.1. The molecule has 0 aromatic carbocycles. The minimum absolute atomic E-state index is 0.0117. The summed E-state index contributed by atoms with van der Waals surface area (Å²) in [5.41, 5.74) is 2.35. The standard InChI is InChI=1S/C22H24N2O4/c1-3-27-21(25)19-16-10-8-15(24-12-6-5-7-13-24)9-11-17(16)20(18(19)14-23)22(26)28-4-2/h8-11H,3-7,12-13H2,1-2H3. The number of hydrogen-bond donors (Lipinski definition) is 0. The average molecular weight is 380 g/mol. The molecule has 0 unspecified atom stereocenters. The smallest absolute Gasteiger partial charge is 0.340 e. The Morgan fingerprint density at radius 2 is 1.43 bits per heavy atom. The van der Waals surface area contributed by atoms with Gasteiger partial charge in [-0.05, 0) is 56.4 Å². The molecule has 146 valence electrons. The van der Waals surface area contributed by atoms with E-state index < -0.39 is 11.9 Å². The number of carbonyl (C=O) groups excluding carboxylic acids is 2. The van der Waals surface area contributed by atoms with Crippen molar-refractivity contribution in [2.75, 3.05) is 31.2 Å². The molecule has 0 saturated carbocycles. The van der Waals surface area contributed by atoms with Crippen LogP contribution in [0.15, 0.2) is 24.3 Å². The molecule has 6 heteroatoms. The lowest BCUT2D eigenvalue weighted by molar-refractivity contribution is 0.0525. The molecular formula is C22H24N2O4. The highest BCUT2D eigenvalue weighted by molar-refractivity contribution is 6.11. The van der Waals surface area contributed by atoms with E-state index in [0.29, 0.717) is 11.1 Å². The molecule has 0 bridgehead atoms. The Hall–Kier alpha value is -3.07. The highest BCUT2D eigenvalue weighted by atomic mass is 16.5. The summed E-state index contributed by atoms with van der Waals surface area (Å²) in [5, 5.41) is 9.68. The van der Waals surface area contributed by atoms with Gasteiger partial charge >= 0.3 is 11.9 Å². The van der Waals surface area contributed by atoms with E-state index in [-0.39, 0.29) is 29.9 Å². The van der Waals surface area contributed by atoms with Gasteiger partial charge < -0.3 is 14.4 Å². The van der Waals surface area contributed by atoms with Crippen LogP contribution in [-0.2, 0) is 9.47 Å². The fourth-order valence-electron chi connectivity index (χ4n) is 3.71. The molecule has 0 radical (unpaired) electrons. The normalized spacial score (nSPS) is 13.8. The maximum atomic E-state index is 12.6. The van der Waals surface area contributed by atoms with E-state index in [1.54, 1.807) is 26.0 Å². The minimum atomic E-state index is -0.606. The molecule has 28 heavy (non-hydrogen) atoms. The third-order valence-corrected chi connectivity index (χ3v) is 4.96. The van der Waals surface area contributed by atoms with E-state index in [2.05, 4.69) is 4.90 Å². The van der Waals surface area contributed by atoms with Crippen LogP contribution >= 0.6 is 0 Å². The summed E-state index contributed by atoms with van der Waals surface area (Å²) in [7, 11) is 0. The van der Waals surface area contributed by atoms with Crippen molar-refractivity contribution in [3.8, 4) is 17.2 Å². The zero-order valence-electron chi connectivity index (χ0n) is 16.3. The first-order valence-electron chi connectivity index (χ1n) is 9.71. The summed E-state index contributed by atoms with van der Waals surface area (Å²) in [5.74, 6) is -1.21. The fraction of sp³-hybridized carbons (Fsp3) is 0.409. The quantitative estimate of drug-likeness (QED) is 0.729. The van der Waals surface area contributed by atoms with Crippen molar-refractivity contribution in [3.63, 3.8) is 0 Å². The number of piperidine rings is 1.